The summed E-state index contributed by atoms with van der Waals surface area (Å²) in [5.74, 6) is 0.263. The molecule has 2 aliphatic carbocycles. The molecule has 32 heavy (non-hydrogen) atoms. The van der Waals surface area contributed by atoms with E-state index in [-0.39, 0.29) is 18.0 Å². The van der Waals surface area contributed by atoms with Gasteiger partial charge in [0.2, 0.25) is 5.91 Å². The highest BCUT2D eigenvalue weighted by molar-refractivity contribution is 5.73. The van der Waals surface area contributed by atoms with Crippen LogP contribution in [-0.2, 0) is 9.53 Å². The molecule has 3 rings (SSSR count). The van der Waals surface area contributed by atoms with Crippen LogP contribution in [-0.4, -0.2) is 62.4 Å². The van der Waals surface area contributed by atoms with Crippen LogP contribution < -0.4 is 31.9 Å². The van der Waals surface area contributed by atoms with Crippen molar-refractivity contribution in [2.24, 2.45) is 5.92 Å². The Morgan fingerprint density at radius 2 is 1.69 bits per heavy atom. The summed E-state index contributed by atoms with van der Waals surface area (Å²) in [6, 6.07) is 0.171. The quantitative estimate of drug-likeness (QED) is 0.299. The summed E-state index contributed by atoms with van der Waals surface area (Å²) in [6.45, 7) is 0.752. The molecule has 12 heteroatoms. The number of hydrogen-bond acceptors (Lipinski definition) is 7. The number of rotatable bonds is 8. The highest BCUT2D eigenvalue weighted by Gasteiger charge is 2.34. The van der Waals surface area contributed by atoms with Gasteiger partial charge in [-0.1, -0.05) is 0 Å². The Bertz CT molecular complexity index is 591. The Morgan fingerprint density at radius 1 is 1.00 bits per heavy atom. The van der Waals surface area contributed by atoms with E-state index in [4.69, 9.17) is 4.74 Å². The molecule has 0 spiro atoms. The second-order valence-corrected chi connectivity index (χ2v) is 9.13. The lowest BCUT2D eigenvalue weighted by molar-refractivity contribution is -0.199. The number of alkyl halides is 4. The molecule has 0 aromatic rings. The maximum absolute atomic E-state index is 13.4. The topological polar surface area (TPSA) is 98.5 Å². The van der Waals surface area contributed by atoms with Gasteiger partial charge in [0.05, 0.1) is 0 Å². The Kier molecular flexibility index (Phi) is 9.50. The molecule has 5 atom stereocenters. The zero-order chi connectivity index (χ0) is 23.1. The molecule has 6 N–H and O–H groups in total. The van der Waals surface area contributed by atoms with Gasteiger partial charge in [0, 0.05) is 25.6 Å². The minimum Gasteiger partial charge on any atom is -0.354 e. The summed E-state index contributed by atoms with van der Waals surface area (Å²) in [4.78, 5) is 11.4. The van der Waals surface area contributed by atoms with E-state index in [1.54, 1.807) is 0 Å². The van der Waals surface area contributed by atoms with E-state index in [0.29, 0.717) is 25.3 Å². The van der Waals surface area contributed by atoms with Crippen LogP contribution in [0.1, 0.15) is 58.3 Å². The summed E-state index contributed by atoms with van der Waals surface area (Å²) in [5.41, 5.74) is 0. The fraction of sp³-hybridized carbons (Fsp3) is 0.950. The molecule has 1 aliphatic heterocycles. The second-order valence-electron chi connectivity index (χ2n) is 9.13. The van der Waals surface area contributed by atoms with E-state index >= 15 is 0 Å². The maximum Gasteiger partial charge on any atom is 0.411 e. The third-order valence-electron chi connectivity index (χ3n) is 6.25. The standard InChI is InChI=1S/C20H36F4N6O2/c1-12(31)26-15-3-2-4-16(9-15)27-18-28-17(25-10-13-5-7-14(21)8-6-13)29-19(30-18)32-11-20(22,23)24/h13-19,25,27-30H,2-11H2,1H3,(H,26,31). The predicted molar refractivity (Wildman–Crippen MR) is 111 cm³/mol. The van der Waals surface area contributed by atoms with Gasteiger partial charge in [-0.25, -0.2) is 4.39 Å². The highest BCUT2D eigenvalue weighted by Crippen LogP contribution is 2.25. The molecule has 186 valence electrons. The summed E-state index contributed by atoms with van der Waals surface area (Å²) >= 11 is 0. The van der Waals surface area contributed by atoms with Crippen molar-refractivity contribution in [2.75, 3.05) is 13.2 Å². The molecule has 0 aromatic carbocycles. The van der Waals surface area contributed by atoms with Crippen molar-refractivity contribution in [2.45, 2.75) is 102 Å². The summed E-state index contributed by atoms with van der Waals surface area (Å²) < 4.78 is 56.3. The van der Waals surface area contributed by atoms with Crippen molar-refractivity contribution in [1.29, 1.82) is 0 Å². The van der Waals surface area contributed by atoms with Crippen LogP contribution in [0.3, 0.4) is 0 Å². The first-order chi connectivity index (χ1) is 15.2. The van der Waals surface area contributed by atoms with Gasteiger partial charge in [-0.3, -0.25) is 31.4 Å². The van der Waals surface area contributed by atoms with Crippen molar-refractivity contribution in [3.63, 3.8) is 0 Å². The molecule has 0 radical (unpaired) electrons. The molecule has 1 amide bonds. The number of amides is 1. The lowest BCUT2D eigenvalue weighted by Gasteiger charge is -2.42. The number of nitrogens with one attached hydrogen (secondary N) is 6. The monoisotopic (exact) mass is 468 g/mol. The minimum atomic E-state index is -4.43. The normalized spacial score (nSPS) is 36.6. The van der Waals surface area contributed by atoms with Crippen molar-refractivity contribution >= 4 is 5.91 Å². The highest BCUT2D eigenvalue weighted by atomic mass is 19.4. The van der Waals surface area contributed by atoms with E-state index in [0.717, 1.165) is 38.5 Å². The lowest BCUT2D eigenvalue weighted by atomic mass is 9.88. The number of carbonyl (C=O) groups is 1. The maximum atomic E-state index is 13.4. The Balaban J connectivity index is 1.52. The van der Waals surface area contributed by atoms with E-state index in [1.165, 1.54) is 6.92 Å². The van der Waals surface area contributed by atoms with Crippen molar-refractivity contribution in [3.05, 3.63) is 0 Å². The lowest BCUT2D eigenvalue weighted by Crippen LogP contribution is -2.76. The smallest absolute Gasteiger partial charge is 0.354 e. The molecule has 1 saturated heterocycles. The largest absolute Gasteiger partial charge is 0.411 e. The van der Waals surface area contributed by atoms with Gasteiger partial charge in [0.15, 0.2) is 6.35 Å². The molecule has 1 heterocycles. The van der Waals surface area contributed by atoms with Crippen LogP contribution >= 0.6 is 0 Å². The van der Waals surface area contributed by atoms with E-state index in [1.807, 2.05) is 0 Å². The van der Waals surface area contributed by atoms with E-state index in [2.05, 4.69) is 31.9 Å². The van der Waals surface area contributed by atoms with Gasteiger partial charge < -0.3 is 10.1 Å². The molecule has 0 aromatic heterocycles. The summed E-state index contributed by atoms with van der Waals surface area (Å²) in [5, 5.41) is 18.8. The third-order valence-corrected chi connectivity index (χ3v) is 6.25. The van der Waals surface area contributed by atoms with Crippen molar-refractivity contribution in [1.82, 2.24) is 31.9 Å². The van der Waals surface area contributed by atoms with Gasteiger partial charge in [0.25, 0.3) is 0 Å². The van der Waals surface area contributed by atoms with Gasteiger partial charge in [-0.15, -0.1) is 0 Å². The average molecular weight is 469 g/mol. The van der Waals surface area contributed by atoms with Crippen molar-refractivity contribution < 1.29 is 27.1 Å². The molecule has 8 nitrogen and oxygen atoms in total. The number of ether oxygens (including phenoxy) is 1. The summed E-state index contributed by atoms with van der Waals surface area (Å²) in [7, 11) is 0. The van der Waals surface area contributed by atoms with Crippen LogP contribution in [0.5, 0.6) is 0 Å². The second kappa shape index (κ2) is 11.9. The fourth-order valence-corrected chi connectivity index (χ4v) is 4.71. The first kappa shape index (κ1) is 25.6. The predicted octanol–water partition coefficient (Wildman–Crippen LogP) is 1.35. The van der Waals surface area contributed by atoms with Crippen molar-refractivity contribution in [3.8, 4) is 0 Å². The Hall–Kier alpha value is -1.05. The number of halogens is 4. The molecule has 2 saturated carbocycles. The molecule has 0 bridgehead atoms. The third kappa shape index (κ3) is 9.06. The van der Waals surface area contributed by atoms with Gasteiger partial charge in [-0.05, 0) is 57.3 Å². The van der Waals surface area contributed by atoms with Gasteiger partial charge in [0.1, 0.15) is 25.4 Å². The van der Waals surface area contributed by atoms with E-state index < -0.39 is 37.9 Å². The summed E-state index contributed by atoms with van der Waals surface area (Å²) in [6.07, 6.45) is -0.948. The number of hydrogen-bond donors (Lipinski definition) is 6. The Morgan fingerprint density at radius 3 is 2.38 bits per heavy atom. The van der Waals surface area contributed by atoms with Gasteiger partial charge in [-0.2, -0.15) is 13.2 Å². The van der Waals surface area contributed by atoms with Crippen LogP contribution in [0.25, 0.3) is 0 Å². The van der Waals surface area contributed by atoms with Crippen LogP contribution in [0.4, 0.5) is 17.6 Å². The average Bonchev–Trinajstić information content (AvgIpc) is 2.71. The van der Waals surface area contributed by atoms with Gasteiger partial charge >= 0.3 is 6.18 Å². The number of carbonyl (C=O) groups excluding carboxylic acids is 1. The zero-order valence-corrected chi connectivity index (χ0v) is 18.4. The molecule has 3 aliphatic rings. The zero-order valence-electron chi connectivity index (χ0n) is 18.4. The first-order valence-corrected chi connectivity index (χ1v) is 11.5. The SMILES string of the molecule is CC(=O)NC1CCCC(NC2NC(NCC3CCC(F)CC3)NC(OCC(F)(F)F)N2)C1. The molecule has 5 unspecified atom stereocenters. The first-order valence-electron chi connectivity index (χ1n) is 11.5. The molecule has 3 fully saturated rings. The minimum absolute atomic E-state index is 0.0690. The van der Waals surface area contributed by atoms with Crippen LogP contribution in [0.2, 0.25) is 0 Å². The van der Waals surface area contributed by atoms with Crippen LogP contribution in [0, 0.1) is 5.92 Å². The molecular formula is C20H36F4N6O2. The fourth-order valence-electron chi connectivity index (χ4n) is 4.71. The van der Waals surface area contributed by atoms with Crippen LogP contribution in [0.15, 0.2) is 0 Å². The molecular weight excluding hydrogens is 432 g/mol. The van der Waals surface area contributed by atoms with E-state index in [9.17, 15) is 22.4 Å². The Labute approximate surface area is 186 Å².